The molecule has 0 aliphatic rings. The van der Waals surface area contributed by atoms with Crippen molar-refractivity contribution in [2.45, 2.75) is 19.2 Å². The maximum atomic E-state index is 12.7. The van der Waals surface area contributed by atoms with Gasteiger partial charge < -0.3 is 14.5 Å². The van der Waals surface area contributed by atoms with Crippen molar-refractivity contribution in [1.29, 1.82) is 0 Å². The molecule has 1 amide bonds. The zero-order valence-electron chi connectivity index (χ0n) is 14.9. The quantitative estimate of drug-likeness (QED) is 0.664. The highest BCUT2D eigenvalue weighted by molar-refractivity contribution is 5.97. The molecule has 3 rings (SSSR count). The first-order chi connectivity index (χ1) is 13.6. The number of benzene rings is 2. The van der Waals surface area contributed by atoms with Crippen LogP contribution in [0.1, 0.15) is 23.0 Å². The summed E-state index contributed by atoms with van der Waals surface area (Å²) >= 11 is 0. The number of carbonyl (C=O) groups excluding carboxylic acids is 2. The SMILES string of the molecule is C[C@H](OC(=O)c1cc(=O)c2ccccc2o1)C(=O)Nc1cccc(C(F)(F)F)c1. The number of hydrogen-bond acceptors (Lipinski definition) is 5. The van der Waals surface area contributed by atoms with Gasteiger partial charge in [-0.3, -0.25) is 9.59 Å². The lowest BCUT2D eigenvalue weighted by Crippen LogP contribution is -2.30. The Morgan fingerprint density at radius 3 is 2.52 bits per heavy atom. The number of anilines is 1. The van der Waals surface area contributed by atoms with Crippen molar-refractivity contribution in [2.24, 2.45) is 0 Å². The molecule has 0 saturated carbocycles. The summed E-state index contributed by atoms with van der Waals surface area (Å²) in [4.78, 5) is 36.4. The van der Waals surface area contributed by atoms with Crippen LogP contribution in [0.5, 0.6) is 0 Å². The van der Waals surface area contributed by atoms with Crippen LogP contribution in [-0.2, 0) is 15.7 Å². The normalized spacial score (nSPS) is 12.4. The van der Waals surface area contributed by atoms with E-state index in [9.17, 15) is 27.6 Å². The number of alkyl halides is 3. The van der Waals surface area contributed by atoms with E-state index in [0.717, 1.165) is 24.3 Å². The van der Waals surface area contributed by atoms with Gasteiger partial charge in [-0.25, -0.2) is 4.79 Å². The third kappa shape index (κ3) is 4.63. The van der Waals surface area contributed by atoms with Crippen LogP contribution in [0.4, 0.5) is 18.9 Å². The van der Waals surface area contributed by atoms with Crippen LogP contribution in [0.25, 0.3) is 11.0 Å². The van der Waals surface area contributed by atoms with Crippen molar-refractivity contribution < 1.29 is 31.9 Å². The summed E-state index contributed by atoms with van der Waals surface area (Å²) in [5.41, 5.74) is -1.32. The van der Waals surface area contributed by atoms with Gasteiger partial charge in [-0.2, -0.15) is 13.2 Å². The summed E-state index contributed by atoms with van der Waals surface area (Å²) in [7, 11) is 0. The number of carbonyl (C=O) groups is 2. The molecule has 1 atom stereocenters. The molecule has 3 aromatic rings. The molecule has 2 aromatic carbocycles. The number of ether oxygens (including phenoxy) is 1. The van der Waals surface area contributed by atoms with Crippen molar-refractivity contribution in [3.63, 3.8) is 0 Å². The molecule has 0 aliphatic heterocycles. The van der Waals surface area contributed by atoms with E-state index in [4.69, 9.17) is 9.15 Å². The van der Waals surface area contributed by atoms with Gasteiger partial charge in [0.1, 0.15) is 5.58 Å². The molecule has 0 unspecified atom stereocenters. The average molecular weight is 405 g/mol. The molecule has 0 radical (unpaired) electrons. The molecular formula is C20H14F3NO5. The van der Waals surface area contributed by atoms with E-state index in [-0.39, 0.29) is 16.7 Å². The Bertz CT molecular complexity index is 1140. The standard InChI is InChI=1S/C20H14F3NO5/c1-11(18(26)24-13-6-4-5-12(9-13)20(21,22)23)28-19(27)17-10-15(25)14-7-2-3-8-16(14)29-17/h2-11H,1H3,(H,24,26)/t11-/m0/s1. The molecule has 1 heterocycles. The minimum absolute atomic E-state index is 0.107. The first-order valence-corrected chi connectivity index (χ1v) is 8.37. The Balaban J connectivity index is 1.71. The number of fused-ring (bicyclic) bond motifs is 1. The molecule has 29 heavy (non-hydrogen) atoms. The lowest BCUT2D eigenvalue weighted by atomic mass is 10.2. The second-order valence-electron chi connectivity index (χ2n) is 6.09. The summed E-state index contributed by atoms with van der Waals surface area (Å²) in [5.74, 6) is -2.30. The Morgan fingerprint density at radius 1 is 1.07 bits per heavy atom. The summed E-state index contributed by atoms with van der Waals surface area (Å²) < 4.78 is 48.5. The first-order valence-electron chi connectivity index (χ1n) is 8.37. The number of rotatable bonds is 4. The minimum atomic E-state index is -4.56. The van der Waals surface area contributed by atoms with Crippen LogP contribution in [0, 0.1) is 0 Å². The highest BCUT2D eigenvalue weighted by Crippen LogP contribution is 2.30. The maximum absolute atomic E-state index is 12.7. The number of halogens is 3. The lowest BCUT2D eigenvalue weighted by Gasteiger charge is -2.14. The molecule has 9 heteroatoms. The van der Waals surface area contributed by atoms with Gasteiger partial charge in [0.15, 0.2) is 11.5 Å². The Hall–Kier alpha value is -3.62. The third-order valence-electron chi connectivity index (χ3n) is 3.95. The summed E-state index contributed by atoms with van der Waals surface area (Å²) in [6.07, 6.45) is -5.92. The zero-order chi connectivity index (χ0) is 21.2. The Labute approximate surface area is 161 Å². The van der Waals surface area contributed by atoms with Gasteiger partial charge in [0.25, 0.3) is 5.91 Å². The van der Waals surface area contributed by atoms with Gasteiger partial charge >= 0.3 is 12.1 Å². The van der Waals surface area contributed by atoms with Gasteiger partial charge in [-0.15, -0.1) is 0 Å². The van der Waals surface area contributed by atoms with E-state index in [0.29, 0.717) is 0 Å². The average Bonchev–Trinajstić information content (AvgIpc) is 2.67. The number of amides is 1. The van der Waals surface area contributed by atoms with Crippen molar-refractivity contribution in [3.8, 4) is 0 Å². The predicted octanol–water partition coefficient (Wildman–Crippen LogP) is 4.00. The Morgan fingerprint density at radius 2 is 1.79 bits per heavy atom. The van der Waals surface area contributed by atoms with Gasteiger partial charge in [-0.1, -0.05) is 18.2 Å². The molecule has 1 N–H and O–H groups in total. The molecule has 0 fully saturated rings. The largest absolute Gasteiger partial charge is 0.449 e. The van der Waals surface area contributed by atoms with Crippen molar-refractivity contribution in [1.82, 2.24) is 0 Å². The van der Waals surface area contributed by atoms with E-state index in [1.165, 1.54) is 25.1 Å². The van der Waals surface area contributed by atoms with Crippen LogP contribution >= 0.6 is 0 Å². The summed E-state index contributed by atoms with van der Waals surface area (Å²) in [6, 6.07) is 11.3. The van der Waals surface area contributed by atoms with E-state index < -0.39 is 40.9 Å². The molecule has 1 aromatic heterocycles. The maximum Gasteiger partial charge on any atom is 0.416 e. The van der Waals surface area contributed by atoms with E-state index in [2.05, 4.69) is 5.32 Å². The number of esters is 1. The van der Waals surface area contributed by atoms with Gasteiger partial charge in [-0.05, 0) is 37.3 Å². The molecular weight excluding hydrogens is 391 g/mol. The minimum Gasteiger partial charge on any atom is -0.449 e. The molecule has 150 valence electrons. The van der Waals surface area contributed by atoms with Crippen LogP contribution in [0.15, 0.2) is 63.8 Å². The van der Waals surface area contributed by atoms with Gasteiger partial charge in [0, 0.05) is 11.8 Å². The topological polar surface area (TPSA) is 85.6 Å². The molecule has 0 aliphatic carbocycles. The van der Waals surface area contributed by atoms with E-state index in [1.807, 2.05) is 0 Å². The fourth-order valence-corrected chi connectivity index (χ4v) is 2.49. The van der Waals surface area contributed by atoms with E-state index >= 15 is 0 Å². The van der Waals surface area contributed by atoms with E-state index in [1.54, 1.807) is 12.1 Å². The van der Waals surface area contributed by atoms with Crippen molar-refractivity contribution in [3.05, 3.63) is 76.1 Å². The molecule has 0 saturated heterocycles. The van der Waals surface area contributed by atoms with Gasteiger partial charge in [0.05, 0.1) is 10.9 Å². The number of hydrogen-bond donors (Lipinski definition) is 1. The number of para-hydroxylation sites is 1. The smallest absolute Gasteiger partial charge is 0.416 e. The molecule has 0 bridgehead atoms. The lowest BCUT2D eigenvalue weighted by molar-refractivity contribution is -0.137. The second kappa shape index (κ2) is 7.78. The first kappa shape index (κ1) is 20.1. The van der Waals surface area contributed by atoms with Gasteiger partial charge in [0.2, 0.25) is 5.76 Å². The fourth-order valence-electron chi connectivity index (χ4n) is 2.49. The monoisotopic (exact) mass is 405 g/mol. The predicted molar refractivity (Wildman–Crippen MR) is 97.4 cm³/mol. The van der Waals surface area contributed by atoms with Crippen LogP contribution in [0.2, 0.25) is 0 Å². The van der Waals surface area contributed by atoms with Crippen molar-refractivity contribution in [2.75, 3.05) is 5.32 Å². The third-order valence-corrected chi connectivity index (χ3v) is 3.95. The second-order valence-corrected chi connectivity index (χ2v) is 6.09. The molecule has 6 nitrogen and oxygen atoms in total. The van der Waals surface area contributed by atoms with Crippen LogP contribution < -0.4 is 10.7 Å². The number of nitrogens with one attached hydrogen (secondary N) is 1. The highest BCUT2D eigenvalue weighted by Gasteiger charge is 2.30. The molecule has 0 spiro atoms. The fraction of sp³-hybridized carbons (Fsp3) is 0.150. The highest BCUT2D eigenvalue weighted by atomic mass is 19.4. The van der Waals surface area contributed by atoms with Crippen LogP contribution in [0.3, 0.4) is 0 Å². The van der Waals surface area contributed by atoms with Crippen molar-refractivity contribution >= 4 is 28.5 Å². The Kier molecular flexibility index (Phi) is 5.40. The zero-order valence-corrected chi connectivity index (χ0v) is 14.9. The summed E-state index contributed by atoms with van der Waals surface area (Å²) in [6.45, 7) is 1.24. The summed E-state index contributed by atoms with van der Waals surface area (Å²) in [5, 5.41) is 2.52. The van der Waals surface area contributed by atoms with Crippen LogP contribution in [-0.4, -0.2) is 18.0 Å².